The molecule has 0 saturated carbocycles. The minimum atomic E-state index is -0.366. The van der Waals surface area contributed by atoms with Gasteiger partial charge in [0.05, 0.1) is 9.90 Å². The van der Waals surface area contributed by atoms with Crippen LogP contribution in [0.25, 0.3) is 0 Å². The zero-order valence-corrected chi connectivity index (χ0v) is 15.2. The number of carbonyl (C=O) groups excluding carboxylic acids is 1. The van der Waals surface area contributed by atoms with Gasteiger partial charge in [-0.05, 0) is 49.6 Å². The Bertz CT molecular complexity index is 874. The molecule has 0 aliphatic heterocycles. The number of hydrogen-bond acceptors (Lipinski definition) is 6. The van der Waals surface area contributed by atoms with Gasteiger partial charge in [0, 0.05) is 0 Å². The molecule has 3 aromatic rings. The van der Waals surface area contributed by atoms with E-state index in [4.69, 9.17) is 9.15 Å². The van der Waals surface area contributed by atoms with Crippen LogP contribution in [0.2, 0.25) is 0 Å². The van der Waals surface area contributed by atoms with Gasteiger partial charge in [0.15, 0.2) is 10.9 Å². The molecule has 0 fully saturated rings. The molecular formula is C17H15FN2O3S2. The molecule has 2 heterocycles. The highest BCUT2D eigenvalue weighted by molar-refractivity contribution is 8.00. The average Bonchev–Trinajstić information content (AvgIpc) is 3.21. The molecule has 0 saturated heterocycles. The molecule has 0 atom stereocenters. The number of hydrogen-bond donors (Lipinski definition) is 1. The van der Waals surface area contributed by atoms with Crippen molar-refractivity contribution in [2.24, 2.45) is 0 Å². The number of carbonyl (C=O) groups is 1. The molecule has 0 radical (unpaired) electrons. The first-order chi connectivity index (χ1) is 12.0. The minimum absolute atomic E-state index is 0.145. The van der Waals surface area contributed by atoms with Crippen molar-refractivity contribution in [1.82, 2.24) is 4.98 Å². The molecule has 0 spiro atoms. The van der Waals surface area contributed by atoms with Gasteiger partial charge in [-0.3, -0.25) is 10.1 Å². The summed E-state index contributed by atoms with van der Waals surface area (Å²) in [4.78, 5) is 16.5. The Labute approximate surface area is 152 Å². The number of aryl methyl sites for hydroxylation is 1. The van der Waals surface area contributed by atoms with Crippen LogP contribution in [0.1, 0.15) is 22.0 Å². The summed E-state index contributed by atoms with van der Waals surface area (Å²) in [5.74, 6) is 0.498. The third-order valence-electron chi connectivity index (χ3n) is 3.24. The lowest BCUT2D eigenvalue weighted by Crippen LogP contribution is -2.10. The zero-order chi connectivity index (χ0) is 17.8. The number of amides is 1. The monoisotopic (exact) mass is 378 g/mol. The third-order valence-corrected chi connectivity index (χ3v) is 5.52. The first-order valence-electron chi connectivity index (χ1n) is 7.35. The van der Waals surface area contributed by atoms with Crippen LogP contribution in [0.15, 0.2) is 45.0 Å². The standard InChI is InChI=1S/C17H15FN2O3S2/c1-10-16(24-2)25-17(19-10)20-15(21)14-8-7-13(23-14)9-22-12-5-3-11(18)4-6-12/h3-8H,9H2,1-2H3,(H,19,20,21). The largest absolute Gasteiger partial charge is 0.486 e. The van der Waals surface area contributed by atoms with Crippen LogP contribution in [0.5, 0.6) is 5.75 Å². The lowest BCUT2D eigenvalue weighted by molar-refractivity contribution is 0.0992. The Morgan fingerprint density at radius 2 is 2.08 bits per heavy atom. The molecule has 8 heteroatoms. The van der Waals surface area contributed by atoms with Crippen molar-refractivity contribution in [2.45, 2.75) is 17.7 Å². The van der Waals surface area contributed by atoms with Crippen LogP contribution in [0.3, 0.4) is 0 Å². The SMILES string of the molecule is CSc1sc(NC(=O)c2ccc(COc3ccc(F)cc3)o2)nc1C. The van der Waals surface area contributed by atoms with Crippen LogP contribution in [-0.2, 0) is 6.61 Å². The summed E-state index contributed by atoms with van der Waals surface area (Å²) in [5.41, 5.74) is 0.889. The first-order valence-corrected chi connectivity index (χ1v) is 9.39. The third kappa shape index (κ3) is 4.40. The molecule has 130 valence electrons. The van der Waals surface area contributed by atoms with E-state index in [2.05, 4.69) is 10.3 Å². The smallest absolute Gasteiger partial charge is 0.293 e. The van der Waals surface area contributed by atoms with Gasteiger partial charge in [0.2, 0.25) is 0 Å². The van der Waals surface area contributed by atoms with E-state index < -0.39 is 0 Å². The highest BCUT2D eigenvalue weighted by Crippen LogP contribution is 2.30. The number of rotatable bonds is 6. The van der Waals surface area contributed by atoms with E-state index in [1.165, 1.54) is 35.6 Å². The number of benzene rings is 1. The molecule has 0 aliphatic carbocycles. The lowest BCUT2D eigenvalue weighted by Gasteiger charge is -2.03. The molecule has 1 N–H and O–H groups in total. The van der Waals surface area contributed by atoms with Crippen molar-refractivity contribution in [3.8, 4) is 5.75 Å². The lowest BCUT2D eigenvalue weighted by atomic mass is 10.3. The van der Waals surface area contributed by atoms with Gasteiger partial charge in [0.1, 0.15) is 23.9 Å². The Morgan fingerprint density at radius 1 is 1.32 bits per heavy atom. The molecular weight excluding hydrogens is 363 g/mol. The fourth-order valence-electron chi connectivity index (χ4n) is 2.05. The van der Waals surface area contributed by atoms with Gasteiger partial charge < -0.3 is 9.15 Å². The van der Waals surface area contributed by atoms with Crippen LogP contribution in [-0.4, -0.2) is 17.1 Å². The molecule has 1 aromatic carbocycles. The van der Waals surface area contributed by atoms with E-state index in [0.717, 1.165) is 9.90 Å². The van der Waals surface area contributed by atoms with Gasteiger partial charge in [-0.15, -0.1) is 11.8 Å². The topological polar surface area (TPSA) is 64.4 Å². The van der Waals surface area contributed by atoms with Crippen molar-refractivity contribution >= 4 is 34.1 Å². The van der Waals surface area contributed by atoms with E-state index in [-0.39, 0.29) is 24.1 Å². The van der Waals surface area contributed by atoms with Crippen LogP contribution in [0.4, 0.5) is 9.52 Å². The number of ether oxygens (including phenoxy) is 1. The summed E-state index contributed by atoms with van der Waals surface area (Å²) >= 11 is 3.01. The molecule has 0 bridgehead atoms. The quantitative estimate of drug-likeness (QED) is 0.628. The fraction of sp³-hybridized carbons (Fsp3) is 0.176. The number of halogens is 1. The first kappa shape index (κ1) is 17.5. The Kier molecular flexibility index (Phi) is 5.40. The fourth-order valence-corrected chi connectivity index (χ4v) is 3.65. The minimum Gasteiger partial charge on any atom is -0.486 e. The van der Waals surface area contributed by atoms with Crippen molar-refractivity contribution < 1.29 is 18.3 Å². The number of aromatic nitrogens is 1. The number of nitrogens with one attached hydrogen (secondary N) is 1. The summed E-state index contributed by atoms with van der Waals surface area (Å²) in [6, 6.07) is 8.93. The molecule has 0 aliphatic rings. The average molecular weight is 378 g/mol. The predicted octanol–water partition coefficient (Wildman–Crippen LogP) is 4.74. The summed E-state index contributed by atoms with van der Waals surface area (Å²) in [6.07, 6.45) is 1.96. The zero-order valence-electron chi connectivity index (χ0n) is 13.5. The number of anilines is 1. The summed E-state index contributed by atoms with van der Waals surface area (Å²) < 4.78 is 24.9. The highest BCUT2D eigenvalue weighted by Gasteiger charge is 2.15. The van der Waals surface area contributed by atoms with Crippen LogP contribution >= 0.6 is 23.1 Å². The van der Waals surface area contributed by atoms with Gasteiger partial charge in [-0.25, -0.2) is 9.37 Å². The number of thiazole rings is 1. The number of furan rings is 1. The van der Waals surface area contributed by atoms with Crippen molar-refractivity contribution in [3.05, 3.63) is 59.4 Å². The molecule has 1 amide bonds. The van der Waals surface area contributed by atoms with Crippen molar-refractivity contribution in [2.75, 3.05) is 11.6 Å². The molecule has 3 rings (SSSR count). The molecule has 0 unspecified atom stereocenters. The maximum absolute atomic E-state index is 12.8. The van der Waals surface area contributed by atoms with Crippen molar-refractivity contribution in [3.63, 3.8) is 0 Å². The van der Waals surface area contributed by atoms with Crippen LogP contribution < -0.4 is 10.1 Å². The second-order valence-electron chi connectivity index (χ2n) is 5.06. The van der Waals surface area contributed by atoms with E-state index in [1.54, 1.807) is 23.9 Å². The Hall–Kier alpha value is -2.32. The maximum atomic E-state index is 12.8. The molecule has 2 aromatic heterocycles. The maximum Gasteiger partial charge on any atom is 0.293 e. The Morgan fingerprint density at radius 3 is 2.76 bits per heavy atom. The van der Waals surface area contributed by atoms with Gasteiger partial charge in [-0.1, -0.05) is 11.3 Å². The summed E-state index contributed by atoms with van der Waals surface area (Å²) in [6.45, 7) is 2.04. The molecule has 25 heavy (non-hydrogen) atoms. The van der Waals surface area contributed by atoms with Gasteiger partial charge in [0.25, 0.3) is 5.91 Å². The Balaban J connectivity index is 1.60. The van der Waals surface area contributed by atoms with E-state index in [9.17, 15) is 9.18 Å². The predicted molar refractivity (Wildman–Crippen MR) is 96.0 cm³/mol. The second-order valence-corrected chi connectivity index (χ2v) is 7.13. The van der Waals surface area contributed by atoms with E-state index in [0.29, 0.717) is 16.6 Å². The number of nitrogens with zero attached hydrogens (tertiary/aromatic N) is 1. The van der Waals surface area contributed by atoms with E-state index >= 15 is 0 Å². The van der Waals surface area contributed by atoms with Crippen LogP contribution in [0, 0.1) is 12.7 Å². The summed E-state index contributed by atoms with van der Waals surface area (Å²) in [5, 5.41) is 3.26. The normalized spacial score (nSPS) is 10.7. The second kappa shape index (κ2) is 7.71. The highest BCUT2D eigenvalue weighted by atomic mass is 32.2. The molecule has 5 nitrogen and oxygen atoms in total. The van der Waals surface area contributed by atoms with E-state index in [1.807, 2.05) is 13.2 Å². The van der Waals surface area contributed by atoms with Gasteiger partial charge in [-0.2, -0.15) is 0 Å². The number of thioether (sulfide) groups is 1. The van der Waals surface area contributed by atoms with Crippen molar-refractivity contribution in [1.29, 1.82) is 0 Å². The van der Waals surface area contributed by atoms with Gasteiger partial charge >= 0.3 is 0 Å². The summed E-state index contributed by atoms with van der Waals surface area (Å²) in [7, 11) is 0.